The molecule has 0 saturated carbocycles. The zero-order valence-corrected chi connectivity index (χ0v) is 15.2. The quantitative estimate of drug-likeness (QED) is 0.296. The Morgan fingerprint density at radius 3 is 2.32 bits per heavy atom. The summed E-state index contributed by atoms with van der Waals surface area (Å²) in [5.74, 6) is 6.52. The van der Waals surface area contributed by atoms with Crippen LogP contribution in [0.15, 0.2) is 89.3 Å². The second-order valence-electron chi connectivity index (χ2n) is 7.32. The number of benzene rings is 4. The maximum Gasteiger partial charge on any atom is 0.135 e. The summed E-state index contributed by atoms with van der Waals surface area (Å²) in [7, 11) is 0. The molecule has 4 aromatic carbocycles. The summed E-state index contributed by atoms with van der Waals surface area (Å²) in [5, 5.41) is 3.94. The van der Waals surface area contributed by atoms with Gasteiger partial charge in [-0.3, -0.25) is 5.01 Å². The normalized spacial score (nSPS) is 12.3. The predicted molar refractivity (Wildman–Crippen MR) is 115 cm³/mol. The van der Waals surface area contributed by atoms with E-state index in [-0.39, 0.29) is 0 Å². The summed E-state index contributed by atoms with van der Waals surface area (Å²) >= 11 is 0. The van der Waals surface area contributed by atoms with Gasteiger partial charge in [0.2, 0.25) is 0 Å². The summed E-state index contributed by atoms with van der Waals surface area (Å²) in [6.07, 6.45) is 0.957. The first-order valence-electron chi connectivity index (χ1n) is 9.45. The van der Waals surface area contributed by atoms with E-state index in [1.807, 2.05) is 30.3 Å². The average Bonchev–Trinajstić information content (AvgIpc) is 3.30. The van der Waals surface area contributed by atoms with Gasteiger partial charge in [0, 0.05) is 10.8 Å². The van der Waals surface area contributed by atoms with E-state index >= 15 is 0 Å². The summed E-state index contributed by atoms with van der Waals surface area (Å²) in [6, 6.07) is 29.3. The highest BCUT2D eigenvalue weighted by Crippen LogP contribution is 2.39. The SMILES string of the molecule is NN(c1ccc2c(c1)Cc1ccccc1-2)c1ccc2oc3ccccc3c2c1. The van der Waals surface area contributed by atoms with Crippen LogP contribution in [0.1, 0.15) is 11.1 Å². The molecule has 0 saturated heterocycles. The fraction of sp³-hybridized carbons (Fsp3) is 0.0400. The molecule has 0 radical (unpaired) electrons. The predicted octanol–water partition coefficient (Wildman–Crippen LogP) is 6.17. The van der Waals surface area contributed by atoms with Gasteiger partial charge in [-0.2, -0.15) is 0 Å². The van der Waals surface area contributed by atoms with Crippen molar-refractivity contribution in [3.05, 3.63) is 96.1 Å². The van der Waals surface area contributed by atoms with Crippen molar-refractivity contribution in [1.29, 1.82) is 0 Å². The molecule has 1 aliphatic rings. The van der Waals surface area contributed by atoms with Crippen LogP contribution < -0.4 is 10.9 Å². The molecule has 0 fully saturated rings. The Morgan fingerprint density at radius 1 is 0.643 bits per heavy atom. The molecule has 0 amide bonds. The number of anilines is 2. The van der Waals surface area contributed by atoms with Crippen molar-refractivity contribution < 1.29 is 4.42 Å². The zero-order valence-electron chi connectivity index (χ0n) is 15.2. The van der Waals surface area contributed by atoms with Gasteiger partial charge in [-0.25, -0.2) is 5.84 Å². The number of hydrogen-bond donors (Lipinski definition) is 1. The molecule has 6 rings (SSSR count). The Morgan fingerprint density at radius 2 is 1.36 bits per heavy atom. The van der Waals surface area contributed by atoms with Crippen molar-refractivity contribution in [2.45, 2.75) is 6.42 Å². The van der Waals surface area contributed by atoms with E-state index in [9.17, 15) is 0 Å². The first kappa shape index (κ1) is 15.5. The minimum absolute atomic E-state index is 0.878. The number of rotatable bonds is 2. The average molecular weight is 362 g/mol. The van der Waals surface area contributed by atoms with Crippen molar-refractivity contribution in [2.75, 3.05) is 5.01 Å². The molecule has 28 heavy (non-hydrogen) atoms. The lowest BCUT2D eigenvalue weighted by atomic mass is 10.1. The fourth-order valence-corrected chi connectivity index (χ4v) is 4.29. The number of furan rings is 1. The van der Waals surface area contributed by atoms with Crippen molar-refractivity contribution in [3.8, 4) is 11.1 Å². The molecule has 2 N–H and O–H groups in total. The highest BCUT2D eigenvalue weighted by atomic mass is 16.3. The van der Waals surface area contributed by atoms with E-state index in [1.165, 1.54) is 22.3 Å². The Bertz CT molecular complexity index is 1370. The minimum Gasteiger partial charge on any atom is -0.456 e. The Labute approximate surface area is 162 Å². The van der Waals surface area contributed by atoms with Crippen LogP contribution in [-0.4, -0.2) is 0 Å². The lowest BCUT2D eigenvalue weighted by Gasteiger charge is -2.20. The number of hydrazine groups is 1. The Balaban J connectivity index is 1.42. The molecule has 3 heteroatoms. The fourth-order valence-electron chi connectivity index (χ4n) is 4.29. The monoisotopic (exact) mass is 362 g/mol. The summed E-state index contributed by atoms with van der Waals surface area (Å²) < 4.78 is 5.93. The second kappa shape index (κ2) is 5.72. The van der Waals surface area contributed by atoms with E-state index in [2.05, 4.69) is 54.6 Å². The highest BCUT2D eigenvalue weighted by molar-refractivity contribution is 6.06. The molecule has 1 aliphatic carbocycles. The summed E-state index contributed by atoms with van der Waals surface area (Å²) in [5.41, 5.74) is 9.04. The third-order valence-electron chi connectivity index (χ3n) is 5.69. The molecule has 134 valence electrons. The van der Waals surface area contributed by atoms with E-state index in [0.29, 0.717) is 0 Å². The minimum atomic E-state index is 0.878. The molecular weight excluding hydrogens is 344 g/mol. The molecule has 1 aromatic heterocycles. The Kier molecular flexibility index (Phi) is 3.16. The van der Waals surface area contributed by atoms with Crippen molar-refractivity contribution in [2.24, 2.45) is 5.84 Å². The third kappa shape index (κ3) is 2.20. The van der Waals surface area contributed by atoms with E-state index in [1.54, 1.807) is 5.01 Å². The second-order valence-corrected chi connectivity index (χ2v) is 7.32. The highest BCUT2D eigenvalue weighted by Gasteiger charge is 2.19. The van der Waals surface area contributed by atoms with Gasteiger partial charge < -0.3 is 4.42 Å². The topological polar surface area (TPSA) is 42.4 Å². The van der Waals surface area contributed by atoms with E-state index in [4.69, 9.17) is 10.3 Å². The maximum absolute atomic E-state index is 6.52. The van der Waals surface area contributed by atoms with Crippen molar-refractivity contribution in [1.82, 2.24) is 0 Å². The maximum atomic E-state index is 6.52. The number of hydrogen-bond acceptors (Lipinski definition) is 3. The first-order chi connectivity index (χ1) is 13.8. The number of para-hydroxylation sites is 1. The standard InChI is InChI=1S/C25H18N2O/c26-27(18-9-11-21-17(14-18)13-16-5-1-2-6-20(16)21)19-10-12-25-23(15-19)22-7-3-4-8-24(22)28-25/h1-12,14-15H,13,26H2. The van der Waals surface area contributed by atoms with Gasteiger partial charge in [0.15, 0.2) is 0 Å². The van der Waals surface area contributed by atoms with Crippen LogP contribution >= 0.6 is 0 Å². The van der Waals surface area contributed by atoms with Gasteiger partial charge in [0.25, 0.3) is 0 Å². The number of nitrogens with zero attached hydrogens (tertiary/aromatic N) is 1. The molecule has 0 spiro atoms. The van der Waals surface area contributed by atoms with Crippen LogP contribution in [0.5, 0.6) is 0 Å². The van der Waals surface area contributed by atoms with Crippen LogP contribution in [0.4, 0.5) is 11.4 Å². The molecule has 0 unspecified atom stereocenters. The molecule has 1 heterocycles. The largest absolute Gasteiger partial charge is 0.456 e. The molecule has 0 bridgehead atoms. The van der Waals surface area contributed by atoms with Crippen molar-refractivity contribution in [3.63, 3.8) is 0 Å². The lowest BCUT2D eigenvalue weighted by molar-refractivity contribution is 0.669. The van der Waals surface area contributed by atoms with E-state index < -0.39 is 0 Å². The summed E-state index contributed by atoms with van der Waals surface area (Å²) in [4.78, 5) is 0. The smallest absolute Gasteiger partial charge is 0.135 e. The van der Waals surface area contributed by atoms with Crippen molar-refractivity contribution >= 4 is 33.3 Å². The Hall–Kier alpha value is -3.56. The lowest BCUT2D eigenvalue weighted by Crippen LogP contribution is -2.24. The molecule has 0 aliphatic heterocycles. The number of nitrogens with two attached hydrogens (primary N) is 1. The van der Waals surface area contributed by atoms with Crippen LogP contribution in [0.25, 0.3) is 33.1 Å². The van der Waals surface area contributed by atoms with Gasteiger partial charge in [-0.05, 0) is 65.1 Å². The first-order valence-corrected chi connectivity index (χ1v) is 9.45. The van der Waals surface area contributed by atoms with Gasteiger partial charge in [0.05, 0.1) is 11.4 Å². The van der Waals surface area contributed by atoms with Crippen LogP contribution in [0.3, 0.4) is 0 Å². The number of fused-ring (bicyclic) bond motifs is 6. The van der Waals surface area contributed by atoms with E-state index in [0.717, 1.165) is 39.7 Å². The molecular formula is C25H18N2O. The van der Waals surface area contributed by atoms with Gasteiger partial charge >= 0.3 is 0 Å². The molecule has 0 atom stereocenters. The van der Waals surface area contributed by atoms with Gasteiger partial charge in [-0.15, -0.1) is 0 Å². The van der Waals surface area contributed by atoms with Crippen LogP contribution in [-0.2, 0) is 6.42 Å². The molecule has 3 nitrogen and oxygen atoms in total. The third-order valence-corrected chi connectivity index (χ3v) is 5.69. The van der Waals surface area contributed by atoms with Crippen LogP contribution in [0.2, 0.25) is 0 Å². The molecule has 5 aromatic rings. The van der Waals surface area contributed by atoms with Crippen LogP contribution in [0, 0.1) is 0 Å². The van der Waals surface area contributed by atoms with Gasteiger partial charge in [-0.1, -0.05) is 48.5 Å². The van der Waals surface area contributed by atoms with Gasteiger partial charge in [0.1, 0.15) is 11.2 Å². The zero-order chi connectivity index (χ0) is 18.7. The summed E-state index contributed by atoms with van der Waals surface area (Å²) in [6.45, 7) is 0.